The highest BCUT2D eigenvalue weighted by Crippen LogP contribution is 2.35. The van der Waals surface area contributed by atoms with Gasteiger partial charge in [-0.2, -0.15) is 0 Å². The van der Waals surface area contributed by atoms with Crippen LogP contribution in [0.15, 0.2) is 36.0 Å². The molecule has 1 aliphatic heterocycles. The molecule has 0 bridgehead atoms. The minimum atomic E-state index is -2.93. The molecule has 0 N–H and O–H groups in total. The summed E-state index contributed by atoms with van der Waals surface area (Å²) in [4.78, 5) is 0. The molecule has 0 spiro atoms. The first-order valence-corrected chi connectivity index (χ1v) is 10.8. The largest absolute Gasteiger partial charge is 0.493 e. The van der Waals surface area contributed by atoms with Crippen LogP contribution in [0, 0.1) is 0 Å². The third-order valence-electron chi connectivity index (χ3n) is 4.13. The van der Waals surface area contributed by atoms with E-state index in [0.717, 1.165) is 5.56 Å². The van der Waals surface area contributed by atoms with E-state index >= 15 is 0 Å². The van der Waals surface area contributed by atoms with Crippen LogP contribution in [0.2, 0.25) is 0 Å². The van der Waals surface area contributed by atoms with Crippen LogP contribution in [-0.2, 0) is 16.4 Å². The average molecular weight is 396 g/mol. The second-order valence-corrected chi connectivity index (χ2v) is 9.41. The molecule has 0 saturated carbocycles. The maximum atomic E-state index is 11.7. The van der Waals surface area contributed by atoms with Gasteiger partial charge in [0.2, 0.25) is 0 Å². The van der Waals surface area contributed by atoms with Crippen molar-refractivity contribution in [3.63, 3.8) is 0 Å². The fourth-order valence-corrected chi connectivity index (χ4v) is 6.36. The summed E-state index contributed by atoms with van der Waals surface area (Å²) in [6.07, 6.45) is 2.41. The normalized spacial score (nSPS) is 18.6. The molecule has 2 aromatic rings. The van der Waals surface area contributed by atoms with Crippen molar-refractivity contribution in [3.8, 4) is 22.9 Å². The molecule has 1 aliphatic rings. The van der Waals surface area contributed by atoms with Crippen molar-refractivity contribution < 1.29 is 17.9 Å². The first kappa shape index (κ1) is 18.8. The number of thioether (sulfide) groups is 1. The summed E-state index contributed by atoms with van der Waals surface area (Å²) >= 11 is 1.46. The molecule has 0 radical (unpaired) electrons. The Balaban J connectivity index is 1.93. The van der Waals surface area contributed by atoms with Gasteiger partial charge in [-0.1, -0.05) is 17.8 Å². The van der Waals surface area contributed by atoms with Crippen molar-refractivity contribution in [1.29, 1.82) is 0 Å². The maximum absolute atomic E-state index is 11.7. The average Bonchev–Trinajstić information content (AvgIpc) is 3.18. The van der Waals surface area contributed by atoms with Gasteiger partial charge in [-0.3, -0.25) is 4.57 Å². The van der Waals surface area contributed by atoms with E-state index in [1.165, 1.54) is 11.8 Å². The van der Waals surface area contributed by atoms with E-state index in [-0.39, 0.29) is 16.8 Å². The standard InChI is InChI=1S/C17H21N3O4S2/c1-4-8-20-16(12-5-6-14(23-2)15(10-12)24-3)18-19-17(20)25-13-7-9-26(21,22)11-13/h4-6,10,13H,1,7-9,11H2,2-3H3. The topological polar surface area (TPSA) is 83.3 Å². The number of methoxy groups -OCH3 is 2. The molecule has 1 saturated heterocycles. The summed E-state index contributed by atoms with van der Waals surface area (Å²) in [7, 11) is 0.235. The lowest BCUT2D eigenvalue weighted by atomic mass is 10.2. The molecule has 1 aromatic heterocycles. The molecule has 1 unspecified atom stereocenters. The SMILES string of the molecule is C=CCn1c(SC2CCS(=O)(=O)C2)nnc1-c1ccc(OC)c(OC)c1. The Morgan fingerprint density at radius 2 is 2.08 bits per heavy atom. The van der Waals surface area contributed by atoms with Crippen molar-refractivity contribution >= 4 is 21.6 Å². The van der Waals surface area contributed by atoms with Gasteiger partial charge < -0.3 is 9.47 Å². The van der Waals surface area contributed by atoms with Crippen molar-refractivity contribution in [3.05, 3.63) is 30.9 Å². The van der Waals surface area contributed by atoms with E-state index in [4.69, 9.17) is 9.47 Å². The van der Waals surface area contributed by atoms with Gasteiger partial charge in [-0.25, -0.2) is 8.42 Å². The van der Waals surface area contributed by atoms with Gasteiger partial charge in [0.15, 0.2) is 32.3 Å². The highest BCUT2D eigenvalue weighted by atomic mass is 32.2. The molecule has 1 fully saturated rings. The van der Waals surface area contributed by atoms with Gasteiger partial charge in [0.1, 0.15) is 0 Å². The molecular formula is C17H21N3O4S2. The van der Waals surface area contributed by atoms with Gasteiger partial charge >= 0.3 is 0 Å². The summed E-state index contributed by atoms with van der Waals surface area (Å²) in [5.74, 6) is 2.34. The van der Waals surface area contributed by atoms with Crippen LogP contribution >= 0.6 is 11.8 Å². The molecule has 0 amide bonds. The van der Waals surface area contributed by atoms with E-state index in [0.29, 0.717) is 35.4 Å². The van der Waals surface area contributed by atoms with Crippen LogP contribution in [0.5, 0.6) is 11.5 Å². The second-order valence-electron chi connectivity index (χ2n) is 5.92. The number of sulfone groups is 1. The third kappa shape index (κ3) is 3.88. The smallest absolute Gasteiger partial charge is 0.192 e. The molecule has 2 heterocycles. The number of allylic oxidation sites excluding steroid dienone is 1. The van der Waals surface area contributed by atoms with Gasteiger partial charge in [0.25, 0.3) is 0 Å². The highest BCUT2D eigenvalue weighted by Gasteiger charge is 2.30. The quantitative estimate of drug-likeness (QED) is 0.666. The summed E-state index contributed by atoms with van der Waals surface area (Å²) < 4.78 is 36.0. The van der Waals surface area contributed by atoms with Crippen LogP contribution in [0.4, 0.5) is 0 Å². The zero-order valence-electron chi connectivity index (χ0n) is 14.7. The van der Waals surface area contributed by atoms with Crippen molar-refractivity contribution in [2.75, 3.05) is 25.7 Å². The molecular weight excluding hydrogens is 374 g/mol. The Kier molecular flexibility index (Phi) is 5.57. The predicted molar refractivity (Wildman–Crippen MR) is 102 cm³/mol. The molecule has 9 heteroatoms. The van der Waals surface area contributed by atoms with Crippen LogP contribution < -0.4 is 9.47 Å². The van der Waals surface area contributed by atoms with Crippen LogP contribution in [-0.4, -0.2) is 54.2 Å². The van der Waals surface area contributed by atoms with E-state index in [2.05, 4.69) is 16.8 Å². The lowest BCUT2D eigenvalue weighted by Crippen LogP contribution is -2.08. The van der Waals surface area contributed by atoms with Gasteiger partial charge in [-0.15, -0.1) is 16.8 Å². The Bertz CT molecular complexity index is 909. The molecule has 7 nitrogen and oxygen atoms in total. The van der Waals surface area contributed by atoms with Gasteiger partial charge in [0.05, 0.1) is 25.7 Å². The number of ether oxygens (including phenoxy) is 2. The number of nitrogens with zero attached hydrogens (tertiary/aromatic N) is 3. The number of hydrogen-bond acceptors (Lipinski definition) is 7. The van der Waals surface area contributed by atoms with Crippen molar-refractivity contribution in [1.82, 2.24) is 14.8 Å². The number of rotatable bonds is 7. The molecule has 1 atom stereocenters. The third-order valence-corrected chi connectivity index (χ3v) is 7.36. The Labute approximate surface area is 157 Å². The van der Waals surface area contributed by atoms with Gasteiger partial charge in [0, 0.05) is 17.4 Å². The summed E-state index contributed by atoms with van der Waals surface area (Å²) in [6.45, 7) is 4.33. The predicted octanol–water partition coefficient (Wildman–Crippen LogP) is 2.43. The summed E-state index contributed by atoms with van der Waals surface area (Å²) in [5.41, 5.74) is 0.836. The first-order chi connectivity index (χ1) is 12.5. The van der Waals surface area contributed by atoms with Gasteiger partial charge in [-0.05, 0) is 24.6 Å². The molecule has 26 heavy (non-hydrogen) atoms. The second kappa shape index (κ2) is 7.71. The zero-order chi connectivity index (χ0) is 18.7. The van der Waals surface area contributed by atoms with Crippen LogP contribution in [0.1, 0.15) is 6.42 Å². The molecule has 0 aliphatic carbocycles. The minimum absolute atomic E-state index is 0.00557. The Morgan fingerprint density at radius 1 is 1.31 bits per heavy atom. The Hall–Kier alpha value is -2.00. The Morgan fingerprint density at radius 3 is 2.69 bits per heavy atom. The maximum Gasteiger partial charge on any atom is 0.192 e. The van der Waals surface area contributed by atoms with E-state index in [1.54, 1.807) is 20.3 Å². The van der Waals surface area contributed by atoms with Crippen molar-refractivity contribution in [2.24, 2.45) is 0 Å². The molecule has 140 valence electrons. The van der Waals surface area contributed by atoms with E-state index < -0.39 is 9.84 Å². The number of hydrogen-bond donors (Lipinski definition) is 0. The molecule has 3 rings (SSSR count). The lowest BCUT2D eigenvalue weighted by molar-refractivity contribution is 0.355. The number of aromatic nitrogens is 3. The summed E-state index contributed by atoms with van der Waals surface area (Å²) in [6, 6.07) is 5.55. The fourth-order valence-electron chi connectivity index (χ4n) is 2.86. The number of benzene rings is 1. The van der Waals surface area contributed by atoms with E-state index in [9.17, 15) is 8.42 Å². The monoisotopic (exact) mass is 395 g/mol. The van der Waals surface area contributed by atoms with Crippen molar-refractivity contribution in [2.45, 2.75) is 23.4 Å². The fraction of sp³-hybridized carbons (Fsp3) is 0.412. The lowest BCUT2D eigenvalue weighted by Gasteiger charge is -2.12. The van der Waals surface area contributed by atoms with Crippen LogP contribution in [0.3, 0.4) is 0 Å². The van der Waals surface area contributed by atoms with E-state index in [1.807, 2.05) is 22.8 Å². The first-order valence-electron chi connectivity index (χ1n) is 8.11. The zero-order valence-corrected chi connectivity index (χ0v) is 16.3. The van der Waals surface area contributed by atoms with Crippen LogP contribution in [0.25, 0.3) is 11.4 Å². The minimum Gasteiger partial charge on any atom is -0.493 e. The highest BCUT2D eigenvalue weighted by molar-refractivity contribution is 8.01. The molecule has 1 aromatic carbocycles. The summed E-state index contributed by atoms with van der Waals surface area (Å²) in [5, 5.41) is 9.29.